The van der Waals surface area contributed by atoms with Gasteiger partial charge in [0.1, 0.15) is 10.8 Å². The number of hydrogen-bond acceptors (Lipinski definition) is 5. The number of nitrogens with zero attached hydrogens (tertiary/aromatic N) is 1. The summed E-state index contributed by atoms with van der Waals surface area (Å²) in [5.74, 6) is 0.571. The third-order valence-electron chi connectivity index (χ3n) is 5.48. The van der Waals surface area contributed by atoms with E-state index in [9.17, 15) is 9.59 Å². The van der Waals surface area contributed by atoms with Gasteiger partial charge in [0.15, 0.2) is 0 Å². The molecule has 2 aromatic rings. The molecule has 1 fully saturated rings. The number of para-hydroxylation sites is 1. The van der Waals surface area contributed by atoms with E-state index in [0.29, 0.717) is 42.6 Å². The molecule has 0 atom stereocenters. The van der Waals surface area contributed by atoms with Crippen molar-refractivity contribution in [3.63, 3.8) is 0 Å². The van der Waals surface area contributed by atoms with Crippen LogP contribution in [0.15, 0.2) is 24.3 Å². The molecule has 0 spiro atoms. The molecule has 0 bridgehead atoms. The van der Waals surface area contributed by atoms with Gasteiger partial charge in [-0.15, -0.1) is 11.3 Å². The number of rotatable bonds is 5. The highest BCUT2D eigenvalue weighted by Gasteiger charge is 2.30. The summed E-state index contributed by atoms with van der Waals surface area (Å²) in [6.07, 6.45) is 4.30. The average Bonchev–Trinajstić information content (AvgIpc) is 3.11. The van der Waals surface area contributed by atoms with Crippen LogP contribution in [0.4, 0.5) is 5.00 Å². The first kappa shape index (κ1) is 19.9. The first-order valence-electron chi connectivity index (χ1n) is 10.1. The van der Waals surface area contributed by atoms with Gasteiger partial charge in [0.2, 0.25) is 5.91 Å². The van der Waals surface area contributed by atoms with Crippen LogP contribution < -0.4 is 10.1 Å². The van der Waals surface area contributed by atoms with E-state index < -0.39 is 0 Å². The second-order valence-corrected chi connectivity index (χ2v) is 8.46. The number of benzene rings is 1. The van der Waals surface area contributed by atoms with Gasteiger partial charge in [-0.2, -0.15) is 0 Å². The molecule has 1 aromatic heterocycles. The predicted octanol–water partition coefficient (Wildman–Crippen LogP) is 3.29. The Labute approximate surface area is 174 Å². The molecular formula is C22H26N2O4S. The molecule has 2 amide bonds. The third-order valence-corrected chi connectivity index (χ3v) is 6.69. The van der Waals surface area contributed by atoms with Crippen molar-refractivity contribution >= 4 is 28.2 Å². The molecule has 29 heavy (non-hydrogen) atoms. The zero-order valence-corrected chi connectivity index (χ0v) is 17.5. The molecule has 154 valence electrons. The Morgan fingerprint density at radius 3 is 2.72 bits per heavy atom. The molecule has 2 heterocycles. The molecular weight excluding hydrogens is 388 g/mol. The summed E-state index contributed by atoms with van der Waals surface area (Å²) in [5.41, 5.74) is 2.65. The summed E-state index contributed by atoms with van der Waals surface area (Å²) in [7, 11) is 1.60. The van der Waals surface area contributed by atoms with Gasteiger partial charge in [0.05, 0.1) is 32.3 Å². The van der Waals surface area contributed by atoms with Crippen molar-refractivity contribution in [2.45, 2.75) is 32.1 Å². The SMILES string of the molecule is COc1ccccc1CC(=O)Nc1sc2c(c1C(=O)N1CCOCC1)CCCC2. The Kier molecular flexibility index (Phi) is 6.16. The highest BCUT2D eigenvalue weighted by Crippen LogP contribution is 2.39. The Bertz CT molecular complexity index is 902. The fraction of sp³-hybridized carbons (Fsp3) is 0.455. The molecule has 1 aliphatic heterocycles. The lowest BCUT2D eigenvalue weighted by Gasteiger charge is -2.27. The number of hydrogen-bond donors (Lipinski definition) is 1. The topological polar surface area (TPSA) is 67.9 Å². The minimum atomic E-state index is -0.135. The van der Waals surface area contributed by atoms with Crippen molar-refractivity contribution in [3.05, 3.63) is 45.8 Å². The number of aryl methyl sites for hydroxylation is 1. The van der Waals surface area contributed by atoms with E-state index in [1.807, 2.05) is 29.2 Å². The molecule has 1 N–H and O–H groups in total. The molecule has 1 saturated heterocycles. The van der Waals surface area contributed by atoms with E-state index in [0.717, 1.165) is 36.8 Å². The van der Waals surface area contributed by atoms with E-state index in [1.165, 1.54) is 4.88 Å². The number of fused-ring (bicyclic) bond motifs is 1. The number of anilines is 1. The second kappa shape index (κ2) is 8.97. The van der Waals surface area contributed by atoms with Crippen LogP contribution in [0, 0.1) is 0 Å². The molecule has 4 rings (SSSR count). The summed E-state index contributed by atoms with van der Waals surface area (Å²) in [4.78, 5) is 29.2. The van der Waals surface area contributed by atoms with Crippen LogP contribution in [0.1, 0.15) is 39.2 Å². The maximum absolute atomic E-state index is 13.3. The van der Waals surface area contributed by atoms with Crippen LogP contribution in [-0.4, -0.2) is 50.1 Å². The van der Waals surface area contributed by atoms with Gasteiger partial charge in [0.25, 0.3) is 5.91 Å². The summed E-state index contributed by atoms with van der Waals surface area (Å²) >= 11 is 1.56. The molecule has 1 aromatic carbocycles. The number of morpholine rings is 1. The maximum Gasteiger partial charge on any atom is 0.257 e. The van der Waals surface area contributed by atoms with Gasteiger partial charge in [-0.3, -0.25) is 9.59 Å². The van der Waals surface area contributed by atoms with Crippen molar-refractivity contribution in [2.75, 3.05) is 38.7 Å². The summed E-state index contributed by atoms with van der Waals surface area (Å²) < 4.78 is 10.7. The van der Waals surface area contributed by atoms with Gasteiger partial charge in [-0.25, -0.2) is 0 Å². The number of amides is 2. The van der Waals surface area contributed by atoms with Crippen molar-refractivity contribution in [1.29, 1.82) is 0 Å². The van der Waals surface area contributed by atoms with Crippen molar-refractivity contribution in [2.24, 2.45) is 0 Å². The molecule has 1 aliphatic carbocycles. The highest BCUT2D eigenvalue weighted by atomic mass is 32.1. The van der Waals surface area contributed by atoms with Gasteiger partial charge in [-0.1, -0.05) is 18.2 Å². The lowest BCUT2D eigenvalue weighted by molar-refractivity contribution is -0.115. The second-order valence-electron chi connectivity index (χ2n) is 7.36. The van der Waals surface area contributed by atoms with Gasteiger partial charge >= 0.3 is 0 Å². The number of nitrogens with one attached hydrogen (secondary N) is 1. The number of methoxy groups -OCH3 is 1. The first-order chi connectivity index (χ1) is 14.2. The largest absolute Gasteiger partial charge is 0.496 e. The van der Waals surface area contributed by atoms with Gasteiger partial charge in [-0.05, 0) is 37.3 Å². The molecule has 0 unspecified atom stereocenters. The molecule has 0 radical (unpaired) electrons. The van der Waals surface area contributed by atoms with E-state index in [4.69, 9.17) is 9.47 Å². The van der Waals surface area contributed by atoms with E-state index in [2.05, 4.69) is 5.32 Å². The van der Waals surface area contributed by atoms with Crippen molar-refractivity contribution in [1.82, 2.24) is 4.90 Å². The zero-order chi connectivity index (χ0) is 20.2. The smallest absolute Gasteiger partial charge is 0.257 e. The van der Waals surface area contributed by atoms with Crippen molar-refractivity contribution in [3.8, 4) is 5.75 Å². The van der Waals surface area contributed by atoms with E-state index in [-0.39, 0.29) is 18.2 Å². The van der Waals surface area contributed by atoms with Crippen LogP contribution in [-0.2, 0) is 28.8 Å². The Balaban J connectivity index is 1.58. The van der Waals surface area contributed by atoms with E-state index in [1.54, 1.807) is 18.4 Å². The van der Waals surface area contributed by atoms with Gasteiger partial charge in [0, 0.05) is 23.5 Å². The molecule has 2 aliphatic rings. The van der Waals surface area contributed by atoms with Crippen LogP contribution in [0.5, 0.6) is 5.75 Å². The lowest BCUT2D eigenvalue weighted by atomic mass is 9.95. The quantitative estimate of drug-likeness (QED) is 0.815. The monoisotopic (exact) mass is 414 g/mol. The van der Waals surface area contributed by atoms with Crippen LogP contribution in [0.25, 0.3) is 0 Å². The summed E-state index contributed by atoms with van der Waals surface area (Å²) in [5, 5.41) is 3.72. The Hall–Kier alpha value is -2.38. The van der Waals surface area contributed by atoms with Crippen LogP contribution in [0.3, 0.4) is 0 Å². The van der Waals surface area contributed by atoms with Crippen molar-refractivity contribution < 1.29 is 19.1 Å². The minimum absolute atomic E-state index is 0.0142. The minimum Gasteiger partial charge on any atom is -0.496 e. The third kappa shape index (κ3) is 4.31. The fourth-order valence-corrected chi connectivity index (χ4v) is 5.30. The first-order valence-corrected chi connectivity index (χ1v) is 10.9. The van der Waals surface area contributed by atoms with Crippen LogP contribution in [0.2, 0.25) is 0 Å². The Morgan fingerprint density at radius 2 is 1.93 bits per heavy atom. The zero-order valence-electron chi connectivity index (χ0n) is 16.7. The van der Waals surface area contributed by atoms with E-state index >= 15 is 0 Å². The molecule has 7 heteroatoms. The molecule has 0 saturated carbocycles. The number of ether oxygens (including phenoxy) is 2. The average molecular weight is 415 g/mol. The van der Waals surface area contributed by atoms with Crippen LogP contribution >= 0.6 is 11.3 Å². The standard InChI is InChI=1S/C22H26N2O4S/c1-27-17-8-4-2-6-15(17)14-19(25)23-21-20(16-7-3-5-9-18(16)29-21)22(26)24-10-12-28-13-11-24/h2,4,6,8H,3,5,7,9-14H2,1H3,(H,23,25). The summed E-state index contributed by atoms with van der Waals surface area (Å²) in [6.45, 7) is 2.32. The normalized spacial score (nSPS) is 16.2. The summed E-state index contributed by atoms with van der Waals surface area (Å²) in [6, 6.07) is 7.51. The Morgan fingerprint density at radius 1 is 1.17 bits per heavy atom. The number of carbonyl (C=O) groups excluding carboxylic acids is 2. The highest BCUT2D eigenvalue weighted by molar-refractivity contribution is 7.17. The van der Waals surface area contributed by atoms with Gasteiger partial charge < -0.3 is 19.7 Å². The predicted molar refractivity (Wildman–Crippen MR) is 113 cm³/mol. The number of carbonyl (C=O) groups is 2. The lowest BCUT2D eigenvalue weighted by Crippen LogP contribution is -2.41. The number of thiophene rings is 1. The fourth-order valence-electron chi connectivity index (χ4n) is 4.00. The molecule has 6 nitrogen and oxygen atoms in total. The maximum atomic E-state index is 13.3.